The third-order valence-corrected chi connectivity index (χ3v) is 10.9. The fraction of sp³-hybridized carbons (Fsp3) is 0.684. The summed E-state index contributed by atoms with van der Waals surface area (Å²) in [6, 6.07) is 4.81. The fourth-order valence-corrected chi connectivity index (χ4v) is 7.83. The predicted molar refractivity (Wildman–Crippen MR) is 197 cm³/mol. The molecule has 2 aromatic heterocycles. The summed E-state index contributed by atoms with van der Waals surface area (Å²) in [5, 5.41) is 16.3. The van der Waals surface area contributed by atoms with Gasteiger partial charge in [0, 0.05) is 56.7 Å². The van der Waals surface area contributed by atoms with E-state index in [1.807, 2.05) is 18.2 Å². The van der Waals surface area contributed by atoms with Gasteiger partial charge in [-0.15, -0.1) is 11.3 Å². The quantitative estimate of drug-likeness (QED) is 0.187. The Morgan fingerprint density at radius 3 is 2.29 bits per heavy atom. The van der Waals surface area contributed by atoms with Crippen molar-refractivity contribution in [1.82, 2.24) is 25.1 Å². The van der Waals surface area contributed by atoms with Gasteiger partial charge >= 0.3 is 5.97 Å². The van der Waals surface area contributed by atoms with Crippen LogP contribution in [0.3, 0.4) is 0 Å². The first-order valence-electron chi connectivity index (χ1n) is 18.8. The van der Waals surface area contributed by atoms with Crippen molar-refractivity contribution in [2.75, 3.05) is 32.4 Å². The summed E-state index contributed by atoms with van der Waals surface area (Å²) in [5.74, 6) is -2.05. The zero-order valence-electron chi connectivity index (χ0n) is 30.6. The molecule has 0 aliphatic heterocycles. The Kier molecular flexibility index (Phi) is 16.1. The number of hydrogen-bond acceptors (Lipinski definition) is 10. The second kappa shape index (κ2) is 20.5. The van der Waals surface area contributed by atoms with Crippen molar-refractivity contribution < 1.29 is 29.0 Å². The number of ether oxygens (including phenoxy) is 1. The Labute approximate surface area is 306 Å². The highest BCUT2D eigenvalue weighted by atomic mass is 32.1. The molecule has 2 heterocycles. The van der Waals surface area contributed by atoms with E-state index in [1.165, 1.54) is 11.3 Å². The van der Waals surface area contributed by atoms with E-state index in [4.69, 9.17) is 10.5 Å². The first-order chi connectivity index (χ1) is 24.5. The number of likely N-dealkylation sites (N-methyl/N-ethyl adjacent to an activating group) is 1. The van der Waals surface area contributed by atoms with Crippen LogP contribution in [-0.2, 0) is 36.8 Å². The van der Waals surface area contributed by atoms with E-state index in [2.05, 4.69) is 15.3 Å². The third-order valence-electron chi connectivity index (χ3n) is 10.2. The molecule has 0 saturated heterocycles. The van der Waals surface area contributed by atoms with E-state index in [9.17, 15) is 24.3 Å². The van der Waals surface area contributed by atoms with Crippen LogP contribution in [0.2, 0.25) is 0 Å². The van der Waals surface area contributed by atoms with Crippen molar-refractivity contribution in [3.63, 3.8) is 0 Å². The molecule has 0 aromatic carbocycles. The number of carbonyl (C=O) groups is 4. The largest absolute Gasteiger partial charge is 0.461 e. The molecule has 51 heavy (non-hydrogen) atoms. The third kappa shape index (κ3) is 13.5. The van der Waals surface area contributed by atoms with Crippen molar-refractivity contribution in [2.45, 2.75) is 122 Å². The first-order valence-corrected chi connectivity index (χ1v) is 19.7. The molecule has 2 saturated carbocycles. The number of aromatic nitrogens is 2. The van der Waals surface area contributed by atoms with Gasteiger partial charge in [-0.25, -0.2) is 9.78 Å². The Morgan fingerprint density at radius 1 is 1.00 bits per heavy atom. The van der Waals surface area contributed by atoms with Crippen molar-refractivity contribution in [3.05, 3.63) is 41.2 Å². The fourth-order valence-electron chi connectivity index (χ4n) is 7.25. The highest BCUT2D eigenvalue weighted by Gasteiger charge is 2.35. The molecular weight excluding hydrogens is 669 g/mol. The van der Waals surface area contributed by atoms with Crippen LogP contribution in [0, 0.1) is 17.8 Å². The lowest BCUT2D eigenvalue weighted by atomic mass is 9.83. The van der Waals surface area contributed by atoms with Crippen LogP contribution in [0.5, 0.6) is 0 Å². The van der Waals surface area contributed by atoms with E-state index in [0.717, 1.165) is 69.9 Å². The van der Waals surface area contributed by atoms with Gasteiger partial charge in [-0.05, 0) is 57.1 Å². The molecule has 0 spiro atoms. The Balaban J connectivity index is 1.52. The molecule has 0 unspecified atom stereocenters. The number of carbonyl (C=O) groups excluding carboxylic acids is 4. The maximum atomic E-state index is 14.2. The number of aliphatic hydroxyl groups excluding tert-OH is 1. The van der Waals surface area contributed by atoms with Gasteiger partial charge in [0.05, 0.1) is 30.3 Å². The molecule has 3 amide bonds. The zero-order valence-corrected chi connectivity index (χ0v) is 31.5. The number of pyridine rings is 1. The highest BCUT2D eigenvalue weighted by molar-refractivity contribution is 7.13. The molecule has 3 atom stereocenters. The SMILES string of the molecule is CC(C)OC(=O)[C@H](O)[C@H](CC1CCCCC1)NC(=O)[C@@H](CC(=O)N(CC(=O)N(C)CCc1ccccn1)CC1CCCCC1)Cc1csc(N)n1. The van der Waals surface area contributed by atoms with E-state index < -0.39 is 36.0 Å². The number of nitrogens with two attached hydrogens (primary N) is 1. The molecule has 2 aromatic rings. The molecule has 4 N–H and O–H groups in total. The number of esters is 1. The summed E-state index contributed by atoms with van der Waals surface area (Å²) >= 11 is 1.26. The second-order valence-electron chi connectivity index (χ2n) is 14.7. The molecular formula is C38H58N6O6S. The van der Waals surface area contributed by atoms with E-state index in [1.54, 1.807) is 42.3 Å². The van der Waals surface area contributed by atoms with Crippen molar-refractivity contribution in [3.8, 4) is 0 Å². The minimum Gasteiger partial charge on any atom is -0.461 e. The minimum absolute atomic E-state index is 0.0872. The van der Waals surface area contributed by atoms with Crippen LogP contribution in [0.1, 0.15) is 102 Å². The summed E-state index contributed by atoms with van der Waals surface area (Å²) in [5.41, 5.74) is 7.39. The molecule has 282 valence electrons. The maximum absolute atomic E-state index is 14.2. The van der Waals surface area contributed by atoms with Crippen LogP contribution in [0.4, 0.5) is 5.13 Å². The van der Waals surface area contributed by atoms with Crippen molar-refractivity contribution >= 4 is 40.2 Å². The van der Waals surface area contributed by atoms with Crippen molar-refractivity contribution in [2.24, 2.45) is 17.8 Å². The van der Waals surface area contributed by atoms with Gasteiger partial charge in [0.25, 0.3) is 0 Å². The van der Waals surface area contributed by atoms with Crippen LogP contribution >= 0.6 is 11.3 Å². The average Bonchev–Trinajstić information content (AvgIpc) is 3.54. The second-order valence-corrected chi connectivity index (χ2v) is 15.6. The van der Waals surface area contributed by atoms with Crippen LogP contribution < -0.4 is 11.1 Å². The monoisotopic (exact) mass is 726 g/mol. The standard InChI is InChI=1S/C38H58N6O6S/c1-26(2)50-37(49)35(47)32(20-27-12-6-4-7-13-27)42-36(48)29(21-31-25-51-38(39)41-31)22-33(45)44(23-28-14-8-5-9-15-28)24-34(46)43(3)19-17-30-16-10-11-18-40-30/h10-11,16,18,25-29,32,35,47H,4-9,12-15,17,19-24H2,1-3H3,(H2,39,41)(H,42,48)/t29-,32+,35-/m1/s1. The lowest BCUT2D eigenvalue weighted by molar-refractivity contribution is -0.159. The molecule has 0 bridgehead atoms. The normalized spacial score (nSPS) is 17.4. The molecule has 12 nitrogen and oxygen atoms in total. The summed E-state index contributed by atoms with van der Waals surface area (Å²) in [4.78, 5) is 66.8. The molecule has 2 aliphatic rings. The van der Waals surface area contributed by atoms with Gasteiger partial charge in [-0.3, -0.25) is 19.4 Å². The molecule has 2 aliphatic carbocycles. The molecule has 13 heteroatoms. The van der Waals surface area contributed by atoms with E-state index in [0.29, 0.717) is 36.8 Å². The lowest BCUT2D eigenvalue weighted by Crippen LogP contribution is -2.51. The summed E-state index contributed by atoms with van der Waals surface area (Å²) in [7, 11) is 1.74. The summed E-state index contributed by atoms with van der Waals surface area (Å²) in [6.45, 7) is 4.24. The Bertz CT molecular complexity index is 1390. The zero-order chi connectivity index (χ0) is 36.8. The van der Waals surface area contributed by atoms with Crippen LogP contribution in [0.15, 0.2) is 29.8 Å². The number of nitrogens with one attached hydrogen (secondary N) is 1. The first kappa shape index (κ1) is 40.2. The van der Waals surface area contributed by atoms with Gasteiger partial charge in [0.2, 0.25) is 17.7 Å². The van der Waals surface area contributed by atoms with Gasteiger partial charge in [0.1, 0.15) is 0 Å². The maximum Gasteiger partial charge on any atom is 0.337 e. The number of amides is 3. The minimum atomic E-state index is -1.55. The Hall–Kier alpha value is -3.58. The van der Waals surface area contributed by atoms with Gasteiger partial charge in [-0.2, -0.15) is 0 Å². The predicted octanol–water partition coefficient (Wildman–Crippen LogP) is 4.55. The van der Waals surface area contributed by atoms with Crippen molar-refractivity contribution in [1.29, 1.82) is 0 Å². The van der Waals surface area contributed by atoms with E-state index in [-0.39, 0.29) is 43.0 Å². The number of nitrogens with zero attached hydrogens (tertiary/aromatic N) is 4. The summed E-state index contributed by atoms with van der Waals surface area (Å²) < 4.78 is 5.33. The van der Waals surface area contributed by atoms with Gasteiger partial charge in [0.15, 0.2) is 11.2 Å². The smallest absolute Gasteiger partial charge is 0.337 e. The van der Waals surface area contributed by atoms with Crippen LogP contribution in [-0.4, -0.2) is 93.5 Å². The summed E-state index contributed by atoms with van der Waals surface area (Å²) in [6.07, 6.45) is 11.3. The van der Waals surface area contributed by atoms with Crippen LogP contribution in [0.25, 0.3) is 0 Å². The number of hydrogen-bond donors (Lipinski definition) is 3. The molecule has 2 fully saturated rings. The number of aliphatic hydroxyl groups is 1. The lowest BCUT2D eigenvalue weighted by Gasteiger charge is -2.32. The van der Waals surface area contributed by atoms with E-state index >= 15 is 0 Å². The number of nitrogen functional groups attached to an aromatic ring is 1. The topological polar surface area (TPSA) is 168 Å². The average molecular weight is 727 g/mol. The number of rotatable bonds is 18. The Morgan fingerprint density at radius 2 is 1.69 bits per heavy atom. The van der Waals surface area contributed by atoms with Gasteiger partial charge < -0.3 is 30.7 Å². The highest BCUT2D eigenvalue weighted by Crippen LogP contribution is 2.29. The number of anilines is 1. The molecule has 0 radical (unpaired) electrons. The van der Waals surface area contributed by atoms with Gasteiger partial charge in [-0.1, -0.05) is 57.4 Å². The molecule has 4 rings (SSSR count). The number of thiazole rings is 1.